The van der Waals surface area contributed by atoms with Crippen LogP contribution in [0.2, 0.25) is 5.02 Å². The second kappa shape index (κ2) is 9.21. The van der Waals surface area contributed by atoms with Crippen molar-refractivity contribution in [2.45, 2.75) is 19.9 Å². The van der Waals surface area contributed by atoms with Gasteiger partial charge in [-0.15, -0.1) is 0 Å². The fraction of sp³-hybridized carbons (Fsp3) is 0.350. The summed E-state index contributed by atoms with van der Waals surface area (Å²) in [5.41, 5.74) is 2.05. The molecule has 0 aromatic heterocycles. The van der Waals surface area contributed by atoms with E-state index < -0.39 is 0 Å². The highest BCUT2D eigenvalue weighted by atomic mass is 35.5. The summed E-state index contributed by atoms with van der Waals surface area (Å²) < 4.78 is 5.67. The van der Waals surface area contributed by atoms with E-state index in [9.17, 15) is 0 Å². The van der Waals surface area contributed by atoms with E-state index in [1.807, 2.05) is 49.4 Å². The molecule has 26 heavy (non-hydrogen) atoms. The molecule has 0 unspecified atom stereocenters. The predicted molar refractivity (Wildman–Crippen MR) is 112 cm³/mol. The highest BCUT2D eigenvalue weighted by molar-refractivity contribution is 7.80. The van der Waals surface area contributed by atoms with E-state index in [1.165, 1.54) is 0 Å². The summed E-state index contributed by atoms with van der Waals surface area (Å²) in [5, 5.41) is 4.88. The van der Waals surface area contributed by atoms with Crippen LogP contribution in [0.1, 0.15) is 18.9 Å². The second-order valence-corrected chi connectivity index (χ2v) is 7.06. The molecule has 2 aromatic carbocycles. The molecule has 0 saturated carbocycles. The number of hydrogen-bond donors (Lipinski definition) is 1. The third-order valence-corrected chi connectivity index (χ3v) is 5.07. The summed E-state index contributed by atoms with van der Waals surface area (Å²) in [6.45, 7) is 6.21. The third kappa shape index (κ3) is 4.87. The molecule has 3 rings (SSSR count). The van der Waals surface area contributed by atoms with Gasteiger partial charge < -0.3 is 15.0 Å². The first kappa shape index (κ1) is 19.0. The zero-order valence-corrected chi connectivity index (χ0v) is 16.5. The number of halogens is 1. The van der Waals surface area contributed by atoms with E-state index in [4.69, 9.17) is 28.6 Å². The largest absolute Gasteiger partial charge is 0.492 e. The fourth-order valence-corrected chi connectivity index (χ4v) is 3.53. The second-order valence-electron chi connectivity index (χ2n) is 6.26. The van der Waals surface area contributed by atoms with Crippen LogP contribution >= 0.6 is 23.8 Å². The number of anilines is 1. The maximum Gasteiger partial charge on any atom is 0.174 e. The molecule has 1 N–H and O–H groups in total. The number of rotatable bonds is 5. The van der Waals surface area contributed by atoms with Gasteiger partial charge in [-0.25, -0.2) is 0 Å². The Hall–Kier alpha value is -1.82. The Morgan fingerprint density at radius 3 is 2.73 bits per heavy atom. The summed E-state index contributed by atoms with van der Waals surface area (Å²) in [4.78, 5) is 4.56. The Morgan fingerprint density at radius 1 is 1.15 bits per heavy atom. The van der Waals surface area contributed by atoms with Crippen molar-refractivity contribution < 1.29 is 4.74 Å². The number of para-hydroxylation sites is 2. The lowest BCUT2D eigenvalue weighted by Crippen LogP contribution is -2.48. The van der Waals surface area contributed by atoms with Crippen molar-refractivity contribution in [1.29, 1.82) is 0 Å². The maximum atomic E-state index is 6.30. The minimum absolute atomic E-state index is 0.626. The molecule has 1 heterocycles. The molecule has 2 aromatic rings. The van der Waals surface area contributed by atoms with Crippen LogP contribution in [0.4, 0.5) is 5.69 Å². The predicted octanol–water partition coefficient (Wildman–Crippen LogP) is 4.60. The van der Waals surface area contributed by atoms with Crippen LogP contribution in [0.15, 0.2) is 48.5 Å². The van der Waals surface area contributed by atoms with E-state index in [2.05, 4.69) is 21.2 Å². The van der Waals surface area contributed by atoms with Crippen LogP contribution in [-0.4, -0.2) is 41.3 Å². The minimum Gasteiger partial charge on any atom is -0.492 e. The molecule has 1 saturated heterocycles. The Morgan fingerprint density at radius 2 is 1.92 bits per heavy atom. The zero-order chi connectivity index (χ0) is 18.4. The lowest BCUT2D eigenvalue weighted by molar-refractivity contribution is 0.134. The van der Waals surface area contributed by atoms with E-state index in [0.29, 0.717) is 6.61 Å². The highest BCUT2D eigenvalue weighted by Crippen LogP contribution is 2.25. The summed E-state index contributed by atoms with van der Waals surface area (Å²) in [6.07, 6.45) is 1.07. The van der Waals surface area contributed by atoms with Crippen LogP contribution in [0.25, 0.3) is 0 Å². The van der Waals surface area contributed by atoms with Crippen molar-refractivity contribution in [2.24, 2.45) is 0 Å². The van der Waals surface area contributed by atoms with Crippen LogP contribution in [-0.2, 0) is 6.54 Å². The van der Waals surface area contributed by atoms with Gasteiger partial charge >= 0.3 is 0 Å². The number of hydrogen-bond acceptors (Lipinski definition) is 3. The maximum absolute atomic E-state index is 6.30. The van der Waals surface area contributed by atoms with Crippen LogP contribution in [0, 0.1) is 0 Å². The van der Waals surface area contributed by atoms with Crippen molar-refractivity contribution in [3.8, 4) is 5.75 Å². The molecule has 0 spiro atoms. The van der Waals surface area contributed by atoms with Gasteiger partial charge in [-0.2, -0.15) is 0 Å². The van der Waals surface area contributed by atoms with Gasteiger partial charge in [0.15, 0.2) is 5.11 Å². The molecule has 1 aliphatic rings. The molecular formula is C20H24ClN3OS. The van der Waals surface area contributed by atoms with Crippen molar-refractivity contribution in [3.05, 3.63) is 59.1 Å². The van der Waals surface area contributed by atoms with Crippen molar-refractivity contribution in [2.75, 3.05) is 31.7 Å². The van der Waals surface area contributed by atoms with E-state index in [1.54, 1.807) is 0 Å². The van der Waals surface area contributed by atoms with Crippen LogP contribution in [0.5, 0.6) is 5.75 Å². The molecule has 6 heteroatoms. The lowest BCUT2D eigenvalue weighted by atomic mass is 10.2. The van der Waals surface area contributed by atoms with Gasteiger partial charge in [-0.05, 0) is 49.3 Å². The van der Waals surface area contributed by atoms with Gasteiger partial charge in [0.25, 0.3) is 0 Å². The molecule has 0 atom stereocenters. The van der Waals surface area contributed by atoms with Gasteiger partial charge in [0.2, 0.25) is 0 Å². The summed E-state index contributed by atoms with van der Waals surface area (Å²) >= 11 is 12.0. The number of nitrogens with zero attached hydrogens (tertiary/aromatic N) is 2. The van der Waals surface area contributed by atoms with E-state index >= 15 is 0 Å². The SMILES string of the molecule is CCOc1ccccc1NC(=S)N1CCCN(Cc2ccccc2Cl)C1. The number of nitrogens with one attached hydrogen (secondary N) is 1. The molecule has 0 bridgehead atoms. The summed E-state index contributed by atoms with van der Waals surface area (Å²) in [7, 11) is 0. The van der Waals surface area contributed by atoms with E-state index in [0.717, 1.165) is 59.9 Å². The highest BCUT2D eigenvalue weighted by Gasteiger charge is 2.21. The van der Waals surface area contributed by atoms with Gasteiger partial charge in [0.1, 0.15) is 5.75 Å². The monoisotopic (exact) mass is 389 g/mol. The third-order valence-electron chi connectivity index (χ3n) is 4.34. The Balaban J connectivity index is 1.62. The first-order valence-electron chi connectivity index (χ1n) is 8.91. The molecule has 0 amide bonds. The standard InChI is InChI=1S/C20H24ClN3OS/c1-2-25-19-11-6-5-10-18(19)22-20(26)24-13-7-12-23(15-24)14-16-8-3-4-9-17(16)21/h3-6,8-11H,2,7,12-15H2,1H3,(H,22,26). The lowest BCUT2D eigenvalue weighted by Gasteiger charge is -2.37. The normalized spacial score (nSPS) is 14.9. The quantitative estimate of drug-likeness (QED) is 0.754. The summed E-state index contributed by atoms with van der Waals surface area (Å²) in [6, 6.07) is 15.9. The Bertz CT molecular complexity index is 755. The topological polar surface area (TPSA) is 27.7 Å². The molecule has 4 nitrogen and oxygen atoms in total. The fourth-order valence-electron chi connectivity index (χ4n) is 3.08. The number of ether oxygens (including phenoxy) is 1. The van der Waals surface area contributed by atoms with Crippen molar-refractivity contribution >= 4 is 34.6 Å². The molecule has 0 radical (unpaired) electrons. The van der Waals surface area contributed by atoms with Crippen molar-refractivity contribution in [1.82, 2.24) is 9.80 Å². The van der Waals surface area contributed by atoms with Gasteiger partial charge in [0.05, 0.1) is 19.0 Å². The van der Waals surface area contributed by atoms with Crippen LogP contribution in [0.3, 0.4) is 0 Å². The van der Waals surface area contributed by atoms with E-state index in [-0.39, 0.29) is 0 Å². The molecular weight excluding hydrogens is 366 g/mol. The average Bonchev–Trinajstić information content (AvgIpc) is 2.66. The van der Waals surface area contributed by atoms with Gasteiger partial charge in [-0.3, -0.25) is 4.90 Å². The number of thiocarbonyl (C=S) groups is 1. The smallest absolute Gasteiger partial charge is 0.174 e. The first-order chi connectivity index (χ1) is 12.7. The van der Waals surface area contributed by atoms with Crippen molar-refractivity contribution in [3.63, 3.8) is 0 Å². The zero-order valence-electron chi connectivity index (χ0n) is 15.0. The average molecular weight is 390 g/mol. The number of benzene rings is 2. The first-order valence-corrected chi connectivity index (χ1v) is 9.69. The molecule has 1 fully saturated rings. The Labute approximate surface area is 165 Å². The molecule has 0 aliphatic carbocycles. The molecule has 1 aliphatic heterocycles. The molecule has 138 valence electrons. The van der Waals surface area contributed by atoms with Gasteiger partial charge in [0, 0.05) is 24.7 Å². The Kier molecular flexibility index (Phi) is 6.72. The van der Waals surface area contributed by atoms with Crippen LogP contribution < -0.4 is 10.1 Å². The minimum atomic E-state index is 0.626. The van der Waals surface area contributed by atoms with Gasteiger partial charge in [-0.1, -0.05) is 41.9 Å². The summed E-state index contributed by atoms with van der Waals surface area (Å²) in [5.74, 6) is 0.822.